The lowest BCUT2D eigenvalue weighted by molar-refractivity contribution is -0.147. The Labute approximate surface area is 144 Å². The number of carboxylic acids is 1. The minimum Gasteiger partial charge on any atom is -0.480 e. The number of para-hydroxylation sites is 1. The van der Waals surface area contributed by atoms with Crippen LogP contribution in [0.1, 0.15) is 24.8 Å². The molecule has 1 aromatic rings. The molecule has 0 atom stereocenters. The van der Waals surface area contributed by atoms with Crippen LogP contribution in [-0.4, -0.2) is 46.5 Å². The van der Waals surface area contributed by atoms with Gasteiger partial charge in [-0.3, -0.25) is 9.59 Å². The first-order chi connectivity index (χ1) is 11.5. The number of benzene rings is 1. The number of thioether (sulfide) groups is 1. The van der Waals surface area contributed by atoms with Crippen LogP contribution in [-0.2, 0) is 20.8 Å². The fourth-order valence-electron chi connectivity index (χ4n) is 3.23. The molecule has 0 saturated carbocycles. The molecule has 2 aliphatic heterocycles. The minimum absolute atomic E-state index is 0.104. The van der Waals surface area contributed by atoms with Crippen LogP contribution in [0.15, 0.2) is 24.3 Å². The second kappa shape index (κ2) is 6.84. The third-order valence-electron chi connectivity index (χ3n) is 4.63. The number of anilines is 1. The Balaban J connectivity index is 1.75. The van der Waals surface area contributed by atoms with Gasteiger partial charge in [0.1, 0.15) is 12.1 Å². The van der Waals surface area contributed by atoms with Crippen molar-refractivity contribution in [1.82, 2.24) is 5.32 Å². The Morgan fingerprint density at radius 1 is 1.21 bits per heavy atom. The van der Waals surface area contributed by atoms with Crippen LogP contribution in [0.25, 0.3) is 0 Å². The normalized spacial score (nSPS) is 19.5. The van der Waals surface area contributed by atoms with Gasteiger partial charge in [-0.05, 0) is 42.4 Å². The SMILES string of the molecule is O=C(CN1C(=O)CCc2ccccc21)NC1(C(=O)O)CCSCC1. The predicted octanol–water partition coefficient (Wildman–Crippen LogP) is 1.43. The number of rotatable bonds is 4. The van der Waals surface area contributed by atoms with E-state index in [4.69, 9.17) is 0 Å². The molecule has 0 aromatic heterocycles. The molecule has 7 heteroatoms. The van der Waals surface area contributed by atoms with Crippen LogP contribution < -0.4 is 10.2 Å². The van der Waals surface area contributed by atoms with Gasteiger partial charge in [0.2, 0.25) is 11.8 Å². The third-order valence-corrected chi connectivity index (χ3v) is 5.61. The van der Waals surface area contributed by atoms with Crippen molar-refractivity contribution in [1.29, 1.82) is 0 Å². The van der Waals surface area contributed by atoms with Crippen LogP contribution in [0.4, 0.5) is 5.69 Å². The molecule has 0 unspecified atom stereocenters. The van der Waals surface area contributed by atoms with Crippen LogP contribution in [0, 0.1) is 0 Å². The highest BCUT2D eigenvalue weighted by Crippen LogP contribution is 2.29. The molecule has 0 spiro atoms. The van der Waals surface area contributed by atoms with E-state index in [1.165, 1.54) is 4.90 Å². The minimum atomic E-state index is -1.21. The van der Waals surface area contributed by atoms with Gasteiger partial charge < -0.3 is 15.3 Å². The highest BCUT2D eigenvalue weighted by atomic mass is 32.2. The molecule has 3 rings (SSSR count). The van der Waals surface area contributed by atoms with Crippen LogP contribution >= 0.6 is 11.8 Å². The molecule has 1 saturated heterocycles. The van der Waals surface area contributed by atoms with E-state index in [2.05, 4.69) is 5.32 Å². The van der Waals surface area contributed by atoms with Crippen molar-refractivity contribution in [2.24, 2.45) is 0 Å². The van der Waals surface area contributed by atoms with Crippen molar-refractivity contribution in [3.8, 4) is 0 Å². The summed E-state index contributed by atoms with van der Waals surface area (Å²) in [5.74, 6) is -0.112. The Kier molecular flexibility index (Phi) is 4.80. The van der Waals surface area contributed by atoms with Crippen molar-refractivity contribution in [2.45, 2.75) is 31.2 Å². The van der Waals surface area contributed by atoms with Gasteiger partial charge in [-0.15, -0.1) is 0 Å². The number of carboxylic acid groups (broad SMARTS) is 1. The van der Waals surface area contributed by atoms with Gasteiger partial charge in [-0.1, -0.05) is 18.2 Å². The Morgan fingerprint density at radius 2 is 1.92 bits per heavy atom. The van der Waals surface area contributed by atoms with E-state index in [9.17, 15) is 19.5 Å². The van der Waals surface area contributed by atoms with Gasteiger partial charge >= 0.3 is 5.97 Å². The monoisotopic (exact) mass is 348 g/mol. The van der Waals surface area contributed by atoms with E-state index in [1.54, 1.807) is 11.8 Å². The van der Waals surface area contributed by atoms with Crippen LogP contribution in [0.3, 0.4) is 0 Å². The second-order valence-electron chi connectivity index (χ2n) is 6.16. The number of hydrogen-bond acceptors (Lipinski definition) is 4. The molecule has 128 valence electrons. The average molecular weight is 348 g/mol. The summed E-state index contributed by atoms with van der Waals surface area (Å²) in [6.45, 7) is -0.141. The topological polar surface area (TPSA) is 86.7 Å². The number of amides is 2. The smallest absolute Gasteiger partial charge is 0.329 e. The fraction of sp³-hybridized carbons (Fsp3) is 0.471. The van der Waals surface area contributed by atoms with E-state index < -0.39 is 17.4 Å². The number of fused-ring (bicyclic) bond motifs is 1. The maximum atomic E-state index is 12.5. The maximum absolute atomic E-state index is 12.5. The summed E-state index contributed by atoms with van der Waals surface area (Å²) < 4.78 is 0. The van der Waals surface area contributed by atoms with Crippen molar-refractivity contribution in [3.05, 3.63) is 29.8 Å². The molecule has 24 heavy (non-hydrogen) atoms. The molecular formula is C17H20N2O4S. The quantitative estimate of drug-likeness (QED) is 0.860. The Morgan fingerprint density at radius 3 is 2.62 bits per heavy atom. The van der Waals surface area contributed by atoms with E-state index in [0.29, 0.717) is 37.2 Å². The first kappa shape index (κ1) is 16.8. The molecule has 1 fully saturated rings. The van der Waals surface area contributed by atoms with Crippen LogP contribution in [0.2, 0.25) is 0 Å². The zero-order valence-electron chi connectivity index (χ0n) is 13.3. The van der Waals surface area contributed by atoms with Crippen molar-refractivity contribution in [3.63, 3.8) is 0 Å². The number of hydrogen-bond donors (Lipinski definition) is 2. The molecule has 2 heterocycles. The van der Waals surface area contributed by atoms with Gasteiger partial charge in [-0.2, -0.15) is 11.8 Å². The maximum Gasteiger partial charge on any atom is 0.329 e. The lowest BCUT2D eigenvalue weighted by atomic mass is 9.92. The van der Waals surface area contributed by atoms with E-state index >= 15 is 0 Å². The third kappa shape index (κ3) is 3.26. The number of nitrogens with one attached hydrogen (secondary N) is 1. The van der Waals surface area contributed by atoms with Crippen molar-refractivity contribution >= 4 is 35.2 Å². The molecule has 2 aliphatic rings. The second-order valence-corrected chi connectivity index (χ2v) is 7.38. The molecule has 0 radical (unpaired) electrons. The molecule has 2 amide bonds. The van der Waals surface area contributed by atoms with E-state index in [-0.39, 0.29) is 12.5 Å². The Bertz CT molecular complexity index is 670. The largest absolute Gasteiger partial charge is 0.480 e. The summed E-state index contributed by atoms with van der Waals surface area (Å²) in [6.07, 6.45) is 1.85. The molecule has 1 aromatic carbocycles. The van der Waals surface area contributed by atoms with Gasteiger partial charge in [-0.25, -0.2) is 4.79 Å². The zero-order valence-corrected chi connectivity index (χ0v) is 14.1. The van der Waals surface area contributed by atoms with E-state index in [0.717, 1.165) is 11.3 Å². The predicted molar refractivity (Wildman–Crippen MR) is 92.2 cm³/mol. The zero-order chi connectivity index (χ0) is 17.2. The fourth-order valence-corrected chi connectivity index (χ4v) is 4.42. The van der Waals surface area contributed by atoms with Gasteiger partial charge in [0, 0.05) is 12.1 Å². The van der Waals surface area contributed by atoms with Crippen molar-refractivity contribution < 1.29 is 19.5 Å². The summed E-state index contributed by atoms with van der Waals surface area (Å²) in [5.41, 5.74) is 0.570. The number of carbonyl (C=O) groups is 3. The number of aryl methyl sites for hydroxylation is 1. The Hall–Kier alpha value is -2.02. The molecular weight excluding hydrogens is 328 g/mol. The van der Waals surface area contributed by atoms with E-state index in [1.807, 2.05) is 24.3 Å². The number of nitrogens with zero attached hydrogens (tertiary/aromatic N) is 1. The number of carbonyl (C=O) groups excluding carboxylic acids is 2. The summed E-state index contributed by atoms with van der Waals surface area (Å²) in [7, 11) is 0. The first-order valence-electron chi connectivity index (χ1n) is 8.02. The summed E-state index contributed by atoms with van der Waals surface area (Å²) in [5, 5.41) is 12.2. The highest BCUT2D eigenvalue weighted by Gasteiger charge is 2.41. The number of aliphatic carboxylic acids is 1. The van der Waals surface area contributed by atoms with Crippen LogP contribution in [0.5, 0.6) is 0 Å². The van der Waals surface area contributed by atoms with Gasteiger partial charge in [0.15, 0.2) is 0 Å². The van der Waals surface area contributed by atoms with Gasteiger partial charge in [0.25, 0.3) is 0 Å². The average Bonchev–Trinajstić information content (AvgIpc) is 2.58. The summed E-state index contributed by atoms with van der Waals surface area (Å²) >= 11 is 1.69. The first-order valence-corrected chi connectivity index (χ1v) is 9.18. The highest BCUT2D eigenvalue weighted by molar-refractivity contribution is 7.99. The lowest BCUT2D eigenvalue weighted by Gasteiger charge is -2.35. The molecule has 0 aliphatic carbocycles. The molecule has 0 bridgehead atoms. The standard InChI is InChI=1S/C17H20N2O4S/c20-14(18-17(16(22)23)7-9-24-10-8-17)11-19-13-4-2-1-3-12(13)5-6-15(19)21/h1-4H,5-11H2,(H,18,20)(H,22,23). The molecule has 6 nitrogen and oxygen atoms in total. The van der Waals surface area contributed by atoms with Gasteiger partial charge in [0.05, 0.1) is 0 Å². The summed E-state index contributed by atoms with van der Waals surface area (Å²) in [4.78, 5) is 37.8. The lowest BCUT2D eigenvalue weighted by Crippen LogP contribution is -2.58. The summed E-state index contributed by atoms with van der Waals surface area (Å²) in [6, 6.07) is 7.51. The van der Waals surface area contributed by atoms with Crippen molar-refractivity contribution in [2.75, 3.05) is 23.0 Å². The molecule has 2 N–H and O–H groups in total.